The number of carbonyl (C=O) groups excluding carboxylic acids is 1. The van der Waals surface area contributed by atoms with E-state index in [0.717, 1.165) is 41.9 Å². The molecule has 2 aromatic heterocycles. The van der Waals surface area contributed by atoms with Gasteiger partial charge in [-0.1, -0.05) is 22.9 Å². The molecule has 0 spiro atoms. The summed E-state index contributed by atoms with van der Waals surface area (Å²) >= 11 is 7.74. The fourth-order valence-corrected chi connectivity index (χ4v) is 5.10. The van der Waals surface area contributed by atoms with Crippen molar-refractivity contribution in [3.05, 3.63) is 45.3 Å². The Balaban J connectivity index is 1.30. The maximum Gasteiger partial charge on any atom is 0.270 e. The van der Waals surface area contributed by atoms with E-state index in [9.17, 15) is 9.18 Å². The molecule has 29 heavy (non-hydrogen) atoms. The minimum Gasteiger partial charge on any atom is -0.381 e. The van der Waals surface area contributed by atoms with Crippen LogP contribution in [0.4, 0.5) is 9.52 Å². The van der Waals surface area contributed by atoms with E-state index in [4.69, 9.17) is 16.3 Å². The molecule has 3 aromatic rings. The first-order valence-electron chi connectivity index (χ1n) is 9.64. The van der Waals surface area contributed by atoms with Gasteiger partial charge in [0.2, 0.25) is 0 Å². The summed E-state index contributed by atoms with van der Waals surface area (Å²) < 4.78 is 19.4. The highest BCUT2D eigenvalue weighted by atomic mass is 35.5. The summed E-state index contributed by atoms with van der Waals surface area (Å²) in [6.45, 7) is 3.58. The number of aromatic amines is 1. The number of hydrogen-bond donors (Lipinski definition) is 2. The minimum absolute atomic E-state index is 0.159. The molecule has 152 valence electrons. The van der Waals surface area contributed by atoms with Crippen LogP contribution in [0.2, 0.25) is 5.02 Å². The number of thiazole rings is 1. The zero-order chi connectivity index (χ0) is 20.0. The summed E-state index contributed by atoms with van der Waals surface area (Å²) in [4.78, 5) is 23.4. The Morgan fingerprint density at radius 2 is 2.38 bits per heavy atom. The number of nitrogens with one attached hydrogen (secondary N) is 2. The van der Waals surface area contributed by atoms with Crippen LogP contribution >= 0.6 is 22.9 Å². The van der Waals surface area contributed by atoms with E-state index in [0.29, 0.717) is 41.5 Å². The zero-order valence-electron chi connectivity index (χ0n) is 15.6. The molecule has 0 bridgehead atoms. The van der Waals surface area contributed by atoms with Crippen LogP contribution in [0.1, 0.15) is 27.5 Å². The third-order valence-corrected chi connectivity index (χ3v) is 6.87. The molecule has 2 N–H and O–H groups in total. The van der Waals surface area contributed by atoms with Crippen LogP contribution in [-0.4, -0.2) is 47.1 Å². The average Bonchev–Trinajstić information content (AvgIpc) is 3.47. The summed E-state index contributed by atoms with van der Waals surface area (Å²) in [7, 11) is 0. The molecule has 1 atom stereocenters. The quantitative estimate of drug-likeness (QED) is 0.649. The molecule has 1 saturated heterocycles. The van der Waals surface area contributed by atoms with Crippen molar-refractivity contribution in [2.45, 2.75) is 19.4 Å². The second kappa shape index (κ2) is 7.59. The topological polar surface area (TPSA) is 70.2 Å². The third kappa shape index (κ3) is 3.60. The summed E-state index contributed by atoms with van der Waals surface area (Å²) in [6, 6.07) is 4.42. The molecule has 1 amide bonds. The van der Waals surface area contributed by atoms with Crippen LogP contribution in [0.15, 0.2) is 18.2 Å². The van der Waals surface area contributed by atoms with E-state index in [1.807, 2.05) is 0 Å². The Kier molecular flexibility index (Phi) is 4.93. The molecule has 4 heterocycles. The molecule has 5 rings (SSSR count). The van der Waals surface area contributed by atoms with Gasteiger partial charge in [-0.05, 0) is 24.6 Å². The standard InChI is InChI=1S/C20H20ClFN4O2S/c21-13-1-2-14(22)18-12(13)7-16(24-18)19(27)26-5-3-15-17(9-26)29-20(25-15)23-8-11-4-6-28-10-11/h1-2,7,11,24H,3-6,8-10H2,(H,23,25). The number of hydrogen-bond acceptors (Lipinski definition) is 5. The van der Waals surface area contributed by atoms with Gasteiger partial charge in [0.05, 0.1) is 29.4 Å². The average molecular weight is 435 g/mol. The van der Waals surface area contributed by atoms with Gasteiger partial charge in [-0.2, -0.15) is 0 Å². The SMILES string of the molecule is O=C(c1cc2c(Cl)ccc(F)c2[nH]1)N1CCc2nc(NCC3CCOC3)sc2C1. The van der Waals surface area contributed by atoms with Crippen molar-refractivity contribution in [3.63, 3.8) is 0 Å². The van der Waals surface area contributed by atoms with Gasteiger partial charge in [-0.25, -0.2) is 9.37 Å². The monoisotopic (exact) mass is 434 g/mol. The van der Waals surface area contributed by atoms with Crippen LogP contribution in [0, 0.1) is 11.7 Å². The Morgan fingerprint density at radius 1 is 1.48 bits per heavy atom. The van der Waals surface area contributed by atoms with Crippen molar-refractivity contribution in [2.75, 3.05) is 31.6 Å². The van der Waals surface area contributed by atoms with E-state index in [1.54, 1.807) is 22.3 Å². The molecule has 0 radical (unpaired) electrons. The van der Waals surface area contributed by atoms with Gasteiger partial charge in [0.25, 0.3) is 5.91 Å². The number of ether oxygens (including phenoxy) is 1. The first kappa shape index (κ1) is 18.8. The predicted molar refractivity (Wildman–Crippen MR) is 111 cm³/mol. The molecular formula is C20H20ClFN4O2S. The van der Waals surface area contributed by atoms with Gasteiger partial charge < -0.3 is 19.9 Å². The van der Waals surface area contributed by atoms with Crippen molar-refractivity contribution in [2.24, 2.45) is 5.92 Å². The van der Waals surface area contributed by atoms with Gasteiger partial charge in [-0.3, -0.25) is 4.79 Å². The maximum atomic E-state index is 14.0. The lowest BCUT2D eigenvalue weighted by atomic mass is 10.1. The van der Waals surface area contributed by atoms with Crippen LogP contribution < -0.4 is 5.32 Å². The van der Waals surface area contributed by atoms with E-state index in [2.05, 4.69) is 15.3 Å². The second-order valence-electron chi connectivity index (χ2n) is 7.48. The van der Waals surface area contributed by atoms with E-state index in [1.165, 1.54) is 12.1 Å². The van der Waals surface area contributed by atoms with Gasteiger partial charge in [-0.15, -0.1) is 0 Å². The molecule has 1 unspecified atom stereocenters. The number of nitrogens with zero attached hydrogens (tertiary/aromatic N) is 2. The van der Waals surface area contributed by atoms with Crippen molar-refractivity contribution in [1.29, 1.82) is 0 Å². The molecule has 9 heteroatoms. The number of carbonyl (C=O) groups is 1. The van der Waals surface area contributed by atoms with Crippen LogP contribution in [0.3, 0.4) is 0 Å². The lowest BCUT2D eigenvalue weighted by molar-refractivity contribution is 0.0731. The Morgan fingerprint density at radius 3 is 3.17 bits per heavy atom. The predicted octanol–water partition coefficient (Wildman–Crippen LogP) is 4.06. The Labute approximate surface area is 176 Å². The Bertz CT molecular complexity index is 1040. The molecular weight excluding hydrogens is 415 g/mol. The van der Waals surface area contributed by atoms with Gasteiger partial charge in [0.15, 0.2) is 5.13 Å². The van der Waals surface area contributed by atoms with E-state index >= 15 is 0 Å². The molecule has 2 aliphatic heterocycles. The van der Waals surface area contributed by atoms with Crippen molar-refractivity contribution in [1.82, 2.24) is 14.9 Å². The molecule has 0 saturated carbocycles. The number of H-pyrrole nitrogens is 1. The number of fused-ring (bicyclic) bond motifs is 2. The minimum atomic E-state index is -0.421. The van der Waals surface area contributed by atoms with Crippen LogP contribution in [0.5, 0.6) is 0 Å². The highest BCUT2D eigenvalue weighted by molar-refractivity contribution is 7.15. The number of benzene rings is 1. The summed E-state index contributed by atoms with van der Waals surface area (Å²) in [5, 5.41) is 5.25. The fraction of sp³-hybridized carbons (Fsp3) is 0.400. The van der Waals surface area contributed by atoms with E-state index < -0.39 is 5.82 Å². The molecule has 2 aliphatic rings. The molecule has 0 aliphatic carbocycles. The second-order valence-corrected chi connectivity index (χ2v) is 8.97. The van der Waals surface area contributed by atoms with Gasteiger partial charge in [0, 0.05) is 42.3 Å². The highest BCUT2D eigenvalue weighted by Crippen LogP contribution is 2.31. The van der Waals surface area contributed by atoms with Crippen LogP contribution in [0.25, 0.3) is 10.9 Å². The van der Waals surface area contributed by atoms with Crippen molar-refractivity contribution >= 4 is 44.9 Å². The summed E-state index contributed by atoms with van der Waals surface area (Å²) in [5.74, 6) is -0.0493. The van der Waals surface area contributed by atoms with Crippen LogP contribution in [-0.2, 0) is 17.7 Å². The third-order valence-electron chi connectivity index (χ3n) is 5.50. The first-order chi connectivity index (χ1) is 14.1. The highest BCUT2D eigenvalue weighted by Gasteiger charge is 2.27. The fourth-order valence-electron chi connectivity index (χ4n) is 3.86. The normalized spacial score (nSPS) is 19.0. The zero-order valence-corrected chi connectivity index (χ0v) is 17.2. The smallest absolute Gasteiger partial charge is 0.270 e. The first-order valence-corrected chi connectivity index (χ1v) is 10.8. The number of anilines is 1. The summed E-state index contributed by atoms with van der Waals surface area (Å²) in [6.07, 6.45) is 1.79. The molecule has 1 fully saturated rings. The molecule has 6 nitrogen and oxygen atoms in total. The number of amides is 1. The Hall–Kier alpha value is -2.16. The number of halogens is 2. The van der Waals surface area contributed by atoms with E-state index in [-0.39, 0.29) is 11.4 Å². The lowest BCUT2D eigenvalue weighted by Crippen LogP contribution is -2.35. The molecule has 1 aromatic carbocycles. The lowest BCUT2D eigenvalue weighted by Gasteiger charge is -2.25. The van der Waals surface area contributed by atoms with Crippen molar-refractivity contribution < 1.29 is 13.9 Å². The van der Waals surface area contributed by atoms with Gasteiger partial charge >= 0.3 is 0 Å². The maximum absolute atomic E-state index is 14.0. The van der Waals surface area contributed by atoms with Gasteiger partial charge in [0.1, 0.15) is 11.5 Å². The number of aromatic nitrogens is 2. The van der Waals surface area contributed by atoms with Crippen molar-refractivity contribution in [3.8, 4) is 0 Å². The number of rotatable bonds is 4. The largest absolute Gasteiger partial charge is 0.381 e. The summed E-state index contributed by atoms with van der Waals surface area (Å²) in [5.41, 5.74) is 1.66.